The standard InChI is InChI=1S/C16H28N2O2/c1-13(2)11-15(18-6-9-19-10-7-18)12-17-14(3)16-5-4-8-20-16/h4-5,8,13-15,17H,6-7,9-12H2,1-3H3. The molecule has 1 N–H and O–H groups in total. The first-order valence-electron chi connectivity index (χ1n) is 7.75. The van der Waals surface area contributed by atoms with Crippen molar-refractivity contribution in [3.8, 4) is 0 Å². The molecule has 4 heteroatoms. The van der Waals surface area contributed by atoms with E-state index >= 15 is 0 Å². The highest BCUT2D eigenvalue weighted by Crippen LogP contribution is 2.16. The van der Waals surface area contributed by atoms with Crippen LogP contribution >= 0.6 is 0 Å². The van der Waals surface area contributed by atoms with Crippen LogP contribution in [0.3, 0.4) is 0 Å². The molecule has 1 aromatic rings. The van der Waals surface area contributed by atoms with Crippen LogP contribution in [0.15, 0.2) is 22.8 Å². The quantitative estimate of drug-likeness (QED) is 0.833. The molecule has 1 saturated heterocycles. The minimum Gasteiger partial charge on any atom is -0.468 e. The van der Waals surface area contributed by atoms with Gasteiger partial charge in [-0.05, 0) is 31.4 Å². The van der Waals surface area contributed by atoms with Crippen molar-refractivity contribution in [1.82, 2.24) is 10.2 Å². The van der Waals surface area contributed by atoms with Crippen molar-refractivity contribution in [3.63, 3.8) is 0 Å². The highest BCUT2D eigenvalue weighted by atomic mass is 16.5. The molecule has 2 heterocycles. The van der Waals surface area contributed by atoms with Crippen molar-refractivity contribution >= 4 is 0 Å². The fourth-order valence-corrected chi connectivity index (χ4v) is 2.80. The van der Waals surface area contributed by atoms with Crippen molar-refractivity contribution in [2.45, 2.75) is 39.3 Å². The number of furan rings is 1. The molecule has 0 bridgehead atoms. The van der Waals surface area contributed by atoms with Gasteiger partial charge in [0.2, 0.25) is 0 Å². The van der Waals surface area contributed by atoms with Gasteiger partial charge in [-0.25, -0.2) is 0 Å². The number of morpholine rings is 1. The Morgan fingerprint density at radius 1 is 1.25 bits per heavy atom. The highest BCUT2D eigenvalue weighted by Gasteiger charge is 2.22. The van der Waals surface area contributed by atoms with Crippen LogP contribution in [-0.4, -0.2) is 43.8 Å². The van der Waals surface area contributed by atoms with E-state index in [9.17, 15) is 0 Å². The number of rotatable bonds is 7. The summed E-state index contributed by atoms with van der Waals surface area (Å²) in [6.07, 6.45) is 2.96. The Morgan fingerprint density at radius 2 is 2.00 bits per heavy atom. The van der Waals surface area contributed by atoms with E-state index < -0.39 is 0 Å². The average Bonchev–Trinajstić information content (AvgIpc) is 2.98. The lowest BCUT2D eigenvalue weighted by molar-refractivity contribution is 0.0118. The molecule has 2 atom stereocenters. The van der Waals surface area contributed by atoms with Crippen LogP contribution in [0.25, 0.3) is 0 Å². The van der Waals surface area contributed by atoms with E-state index in [1.807, 2.05) is 12.1 Å². The summed E-state index contributed by atoms with van der Waals surface area (Å²) < 4.78 is 10.9. The molecule has 0 amide bonds. The van der Waals surface area contributed by atoms with Gasteiger partial charge in [0.1, 0.15) is 5.76 Å². The van der Waals surface area contributed by atoms with Crippen LogP contribution in [0.2, 0.25) is 0 Å². The fraction of sp³-hybridized carbons (Fsp3) is 0.750. The third-order valence-corrected chi connectivity index (χ3v) is 3.94. The van der Waals surface area contributed by atoms with Gasteiger partial charge in [0.15, 0.2) is 0 Å². The Hall–Kier alpha value is -0.840. The van der Waals surface area contributed by atoms with Gasteiger partial charge < -0.3 is 14.5 Å². The molecule has 4 nitrogen and oxygen atoms in total. The lowest BCUT2D eigenvalue weighted by Gasteiger charge is -2.36. The Kier molecular flexibility index (Phi) is 6.07. The number of ether oxygens (including phenoxy) is 1. The average molecular weight is 280 g/mol. The van der Waals surface area contributed by atoms with E-state index in [1.165, 1.54) is 6.42 Å². The summed E-state index contributed by atoms with van der Waals surface area (Å²) in [6.45, 7) is 11.6. The van der Waals surface area contributed by atoms with Crippen LogP contribution < -0.4 is 5.32 Å². The third kappa shape index (κ3) is 4.62. The van der Waals surface area contributed by atoms with Gasteiger partial charge in [0.05, 0.1) is 25.5 Å². The maximum atomic E-state index is 5.46. The maximum absolute atomic E-state index is 5.46. The van der Waals surface area contributed by atoms with Crippen molar-refractivity contribution in [1.29, 1.82) is 0 Å². The van der Waals surface area contributed by atoms with Crippen molar-refractivity contribution in [2.24, 2.45) is 5.92 Å². The summed E-state index contributed by atoms with van der Waals surface area (Å²) in [5, 5.41) is 3.61. The summed E-state index contributed by atoms with van der Waals surface area (Å²) in [4.78, 5) is 2.56. The molecular weight excluding hydrogens is 252 g/mol. The minimum atomic E-state index is 0.265. The van der Waals surface area contributed by atoms with Crippen LogP contribution in [0.4, 0.5) is 0 Å². The predicted molar refractivity (Wildman–Crippen MR) is 80.8 cm³/mol. The monoisotopic (exact) mass is 280 g/mol. The molecule has 1 aliphatic heterocycles. The molecule has 1 fully saturated rings. The second-order valence-corrected chi connectivity index (χ2v) is 6.08. The van der Waals surface area contributed by atoms with Crippen LogP contribution in [0.5, 0.6) is 0 Å². The summed E-state index contributed by atoms with van der Waals surface area (Å²) in [6, 6.07) is 4.82. The van der Waals surface area contributed by atoms with Gasteiger partial charge in [0.25, 0.3) is 0 Å². The Morgan fingerprint density at radius 3 is 2.60 bits per heavy atom. The first-order chi connectivity index (χ1) is 9.66. The summed E-state index contributed by atoms with van der Waals surface area (Å²) in [5.41, 5.74) is 0. The lowest BCUT2D eigenvalue weighted by Crippen LogP contribution is -2.48. The second-order valence-electron chi connectivity index (χ2n) is 6.08. The Bertz CT molecular complexity index is 359. The van der Waals surface area contributed by atoms with Gasteiger partial charge in [-0.1, -0.05) is 13.8 Å². The van der Waals surface area contributed by atoms with E-state index in [-0.39, 0.29) is 6.04 Å². The number of hydrogen-bond donors (Lipinski definition) is 1. The first kappa shape index (κ1) is 15.5. The van der Waals surface area contributed by atoms with Gasteiger partial charge in [-0.3, -0.25) is 4.90 Å². The molecule has 0 aliphatic carbocycles. The summed E-state index contributed by atoms with van der Waals surface area (Å²) in [7, 11) is 0. The molecule has 0 radical (unpaired) electrons. The van der Waals surface area contributed by atoms with Crippen LogP contribution in [0.1, 0.15) is 39.0 Å². The fourth-order valence-electron chi connectivity index (χ4n) is 2.80. The van der Waals surface area contributed by atoms with Crippen LogP contribution in [-0.2, 0) is 4.74 Å². The molecule has 1 aliphatic rings. The van der Waals surface area contributed by atoms with E-state index in [4.69, 9.17) is 9.15 Å². The summed E-state index contributed by atoms with van der Waals surface area (Å²) in [5.74, 6) is 1.72. The predicted octanol–water partition coefficient (Wildman–Crippen LogP) is 2.68. The third-order valence-electron chi connectivity index (χ3n) is 3.94. The van der Waals surface area contributed by atoms with Crippen molar-refractivity contribution in [2.75, 3.05) is 32.8 Å². The molecule has 2 rings (SSSR count). The molecule has 0 spiro atoms. The molecular formula is C16H28N2O2. The van der Waals surface area contributed by atoms with Crippen molar-refractivity contribution < 1.29 is 9.15 Å². The summed E-state index contributed by atoms with van der Waals surface area (Å²) >= 11 is 0. The van der Waals surface area contributed by atoms with Crippen LogP contribution in [0, 0.1) is 5.92 Å². The van der Waals surface area contributed by atoms with Gasteiger partial charge in [-0.15, -0.1) is 0 Å². The molecule has 2 unspecified atom stereocenters. The molecule has 0 aromatic carbocycles. The SMILES string of the molecule is CC(C)CC(CNC(C)c1ccco1)N1CCOCC1. The smallest absolute Gasteiger partial charge is 0.120 e. The van der Waals surface area contributed by atoms with E-state index in [2.05, 4.69) is 31.0 Å². The van der Waals surface area contributed by atoms with Gasteiger partial charge >= 0.3 is 0 Å². The number of hydrogen-bond acceptors (Lipinski definition) is 4. The Balaban J connectivity index is 1.86. The number of nitrogens with zero attached hydrogens (tertiary/aromatic N) is 1. The zero-order valence-corrected chi connectivity index (χ0v) is 13.0. The van der Waals surface area contributed by atoms with Crippen molar-refractivity contribution in [3.05, 3.63) is 24.2 Å². The molecule has 1 aromatic heterocycles. The largest absolute Gasteiger partial charge is 0.468 e. The zero-order chi connectivity index (χ0) is 14.4. The number of nitrogens with one attached hydrogen (secondary N) is 1. The molecule has 114 valence electrons. The second kappa shape index (κ2) is 7.81. The lowest BCUT2D eigenvalue weighted by atomic mass is 10.0. The first-order valence-corrected chi connectivity index (χ1v) is 7.75. The van der Waals surface area contributed by atoms with E-state index in [0.717, 1.165) is 38.6 Å². The molecule has 20 heavy (non-hydrogen) atoms. The topological polar surface area (TPSA) is 37.6 Å². The zero-order valence-electron chi connectivity index (χ0n) is 13.0. The minimum absolute atomic E-state index is 0.265. The van der Waals surface area contributed by atoms with E-state index in [1.54, 1.807) is 6.26 Å². The maximum Gasteiger partial charge on any atom is 0.120 e. The van der Waals surface area contributed by atoms with Gasteiger partial charge in [-0.2, -0.15) is 0 Å². The Labute approximate surface area is 122 Å². The van der Waals surface area contributed by atoms with E-state index in [0.29, 0.717) is 12.0 Å². The molecule has 0 saturated carbocycles. The highest BCUT2D eigenvalue weighted by molar-refractivity contribution is 5.03. The normalized spacial score (nSPS) is 20.2. The van der Waals surface area contributed by atoms with Gasteiger partial charge in [0, 0.05) is 25.7 Å².